The summed E-state index contributed by atoms with van der Waals surface area (Å²) in [4.78, 5) is 10.6. The third-order valence-corrected chi connectivity index (χ3v) is 5.22. The zero-order chi connectivity index (χ0) is 15.7. The molecule has 1 saturated carbocycles. The SMILES string of the molecule is CC1(CNc2ccc(S(C)(=O)=O)cc2[N+](=O)[O-])CCCC1. The van der Waals surface area contributed by atoms with Crippen molar-refractivity contribution < 1.29 is 13.3 Å². The highest BCUT2D eigenvalue weighted by atomic mass is 32.2. The van der Waals surface area contributed by atoms with E-state index in [1.807, 2.05) is 0 Å². The number of nitrogens with one attached hydrogen (secondary N) is 1. The van der Waals surface area contributed by atoms with Gasteiger partial charge in [0.05, 0.1) is 9.82 Å². The van der Waals surface area contributed by atoms with E-state index in [2.05, 4.69) is 12.2 Å². The smallest absolute Gasteiger partial charge is 0.293 e. The largest absolute Gasteiger partial charge is 0.379 e. The summed E-state index contributed by atoms with van der Waals surface area (Å²) >= 11 is 0. The summed E-state index contributed by atoms with van der Waals surface area (Å²) in [6, 6.07) is 4.00. The number of nitrogens with zero attached hydrogens (tertiary/aromatic N) is 1. The van der Waals surface area contributed by atoms with Crippen molar-refractivity contribution in [2.75, 3.05) is 18.1 Å². The highest BCUT2D eigenvalue weighted by Crippen LogP contribution is 2.38. The van der Waals surface area contributed by atoms with Gasteiger partial charge in [0.25, 0.3) is 5.69 Å². The Kier molecular flexibility index (Phi) is 4.22. The number of nitro benzene ring substituents is 1. The van der Waals surface area contributed by atoms with Crippen molar-refractivity contribution >= 4 is 21.2 Å². The van der Waals surface area contributed by atoms with Crippen molar-refractivity contribution in [1.82, 2.24) is 0 Å². The second kappa shape index (κ2) is 5.63. The van der Waals surface area contributed by atoms with Crippen LogP contribution in [0.4, 0.5) is 11.4 Å². The Hall–Kier alpha value is -1.63. The molecule has 0 spiro atoms. The monoisotopic (exact) mass is 312 g/mol. The summed E-state index contributed by atoms with van der Waals surface area (Å²) in [6.45, 7) is 2.83. The number of anilines is 1. The molecule has 1 aromatic carbocycles. The van der Waals surface area contributed by atoms with E-state index in [-0.39, 0.29) is 16.0 Å². The fourth-order valence-electron chi connectivity index (χ4n) is 2.76. The molecule has 1 fully saturated rings. The second-order valence-electron chi connectivity index (χ2n) is 6.08. The van der Waals surface area contributed by atoms with Crippen molar-refractivity contribution in [2.45, 2.75) is 37.5 Å². The number of hydrogen-bond acceptors (Lipinski definition) is 5. The van der Waals surface area contributed by atoms with E-state index in [0.29, 0.717) is 12.2 Å². The molecular formula is C14H20N2O4S. The van der Waals surface area contributed by atoms with Gasteiger partial charge in [-0.25, -0.2) is 8.42 Å². The lowest BCUT2D eigenvalue weighted by atomic mass is 9.89. The van der Waals surface area contributed by atoms with Gasteiger partial charge in [0.1, 0.15) is 5.69 Å². The lowest BCUT2D eigenvalue weighted by molar-refractivity contribution is -0.384. The van der Waals surface area contributed by atoms with Gasteiger partial charge in [0.15, 0.2) is 9.84 Å². The first-order chi connectivity index (χ1) is 9.71. The van der Waals surface area contributed by atoms with Crippen LogP contribution < -0.4 is 5.32 Å². The minimum atomic E-state index is -3.45. The van der Waals surface area contributed by atoms with Gasteiger partial charge in [-0.2, -0.15) is 0 Å². The standard InChI is InChI=1S/C14H20N2O4S/c1-14(7-3-4-8-14)10-15-12-6-5-11(21(2,19)20)9-13(12)16(17)18/h5-6,9,15H,3-4,7-8,10H2,1-2H3. The maximum Gasteiger partial charge on any atom is 0.293 e. The van der Waals surface area contributed by atoms with Gasteiger partial charge < -0.3 is 5.32 Å². The summed E-state index contributed by atoms with van der Waals surface area (Å²) in [5.74, 6) is 0. The molecule has 116 valence electrons. The van der Waals surface area contributed by atoms with Crippen LogP contribution in [0.25, 0.3) is 0 Å². The molecule has 1 aliphatic rings. The van der Waals surface area contributed by atoms with Crippen LogP contribution in [0.3, 0.4) is 0 Å². The van der Waals surface area contributed by atoms with E-state index in [1.54, 1.807) is 0 Å². The summed E-state index contributed by atoms with van der Waals surface area (Å²) in [5, 5.41) is 14.3. The van der Waals surface area contributed by atoms with Crippen LogP contribution in [-0.2, 0) is 9.84 Å². The molecule has 0 aromatic heterocycles. The van der Waals surface area contributed by atoms with E-state index in [0.717, 1.165) is 25.2 Å². The molecule has 1 aromatic rings. The molecular weight excluding hydrogens is 292 g/mol. The van der Waals surface area contributed by atoms with Crippen LogP contribution >= 0.6 is 0 Å². The van der Waals surface area contributed by atoms with Gasteiger partial charge in [-0.15, -0.1) is 0 Å². The maximum atomic E-state index is 11.5. The average Bonchev–Trinajstić information content (AvgIpc) is 2.82. The molecule has 6 nitrogen and oxygen atoms in total. The Morgan fingerprint density at radius 3 is 2.48 bits per heavy atom. The van der Waals surface area contributed by atoms with Crippen molar-refractivity contribution in [3.8, 4) is 0 Å². The van der Waals surface area contributed by atoms with Crippen LogP contribution in [-0.4, -0.2) is 26.1 Å². The number of sulfone groups is 1. The molecule has 0 amide bonds. The molecule has 1 N–H and O–H groups in total. The first kappa shape index (κ1) is 15.8. The maximum absolute atomic E-state index is 11.5. The normalized spacial score (nSPS) is 17.6. The highest BCUT2D eigenvalue weighted by Gasteiger charge is 2.29. The zero-order valence-corrected chi connectivity index (χ0v) is 13.1. The van der Waals surface area contributed by atoms with Crippen LogP contribution in [0.15, 0.2) is 23.1 Å². The molecule has 0 aliphatic heterocycles. The second-order valence-corrected chi connectivity index (χ2v) is 8.10. The molecule has 1 aliphatic carbocycles. The molecule has 0 radical (unpaired) electrons. The van der Waals surface area contributed by atoms with Crippen LogP contribution in [0.1, 0.15) is 32.6 Å². The molecule has 7 heteroatoms. The summed E-state index contributed by atoms with van der Waals surface area (Å²) < 4.78 is 23.0. The van der Waals surface area contributed by atoms with Gasteiger partial charge in [0, 0.05) is 18.9 Å². The van der Waals surface area contributed by atoms with Crippen molar-refractivity contribution in [1.29, 1.82) is 0 Å². The van der Waals surface area contributed by atoms with Gasteiger partial charge in [-0.1, -0.05) is 19.8 Å². The fraction of sp³-hybridized carbons (Fsp3) is 0.571. The van der Waals surface area contributed by atoms with E-state index < -0.39 is 14.8 Å². The average molecular weight is 312 g/mol. The quantitative estimate of drug-likeness (QED) is 0.667. The fourth-order valence-corrected chi connectivity index (χ4v) is 3.40. The third kappa shape index (κ3) is 3.72. The predicted octanol–water partition coefficient (Wildman–Crippen LogP) is 2.99. The lowest BCUT2D eigenvalue weighted by Gasteiger charge is -2.24. The number of benzene rings is 1. The van der Waals surface area contributed by atoms with E-state index >= 15 is 0 Å². The minimum Gasteiger partial charge on any atom is -0.379 e. The molecule has 0 saturated heterocycles. The highest BCUT2D eigenvalue weighted by molar-refractivity contribution is 7.90. The third-order valence-electron chi connectivity index (χ3n) is 4.11. The Balaban J connectivity index is 2.25. The van der Waals surface area contributed by atoms with Gasteiger partial charge >= 0.3 is 0 Å². The van der Waals surface area contributed by atoms with Crippen LogP contribution in [0.2, 0.25) is 0 Å². The van der Waals surface area contributed by atoms with Crippen molar-refractivity contribution in [3.63, 3.8) is 0 Å². The molecule has 0 atom stereocenters. The van der Waals surface area contributed by atoms with Crippen LogP contribution in [0.5, 0.6) is 0 Å². The van der Waals surface area contributed by atoms with Crippen molar-refractivity contribution in [2.24, 2.45) is 5.41 Å². The molecule has 0 bridgehead atoms. The van der Waals surface area contributed by atoms with Crippen LogP contribution in [0, 0.1) is 15.5 Å². The van der Waals surface area contributed by atoms with E-state index in [4.69, 9.17) is 0 Å². The number of nitro groups is 1. The topological polar surface area (TPSA) is 89.3 Å². The zero-order valence-electron chi connectivity index (χ0n) is 12.3. The van der Waals surface area contributed by atoms with E-state index in [9.17, 15) is 18.5 Å². The number of rotatable bonds is 5. The summed E-state index contributed by atoms with van der Waals surface area (Å²) in [7, 11) is -3.45. The molecule has 2 rings (SSSR count). The Bertz CT molecular complexity index is 649. The Labute approximate surface area is 124 Å². The Morgan fingerprint density at radius 1 is 1.33 bits per heavy atom. The van der Waals surface area contributed by atoms with E-state index in [1.165, 1.54) is 25.0 Å². The van der Waals surface area contributed by atoms with Gasteiger partial charge in [-0.3, -0.25) is 10.1 Å². The summed E-state index contributed by atoms with van der Waals surface area (Å²) in [6.07, 6.45) is 5.63. The molecule has 0 unspecified atom stereocenters. The lowest BCUT2D eigenvalue weighted by Crippen LogP contribution is -2.23. The van der Waals surface area contributed by atoms with Crippen molar-refractivity contribution in [3.05, 3.63) is 28.3 Å². The minimum absolute atomic E-state index is 0.0353. The van der Waals surface area contributed by atoms with Gasteiger partial charge in [-0.05, 0) is 30.4 Å². The molecule has 0 heterocycles. The predicted molar refractivity (Wildman–Crippen MR) is 81.3 cm³/mol. The summed E-state index contributed by atoms with van der Waals surface area (Å²) in [5.41, 5.74) is 0.337. The molecule has 21 heavy (non-hydrogen) atoms. The first-order valence-electron chi connectivity index (χ1n) is 6.94. The Morgan fingerprint density at radius 2 is 1.95 bits per heavy atom. The van der Waals surface area contributed by atoms with Gasteiger partial charge in [0.2, 0.25) is 0 Å². The first-order valence-corrected chi connectivity index (χ1v) is 8.83. The number of hydrogen-bond donors (Lipinski definition) is 1.